The second kappa shape index (κ2) is 27.5. The molecule has 3 rings (SSSR count). The molecule has 4 amide bonds. The van der Waals surface area contributed by atoms with Crippen LogP contribution in [0.15, 0.2) is 40.6 Å². The lowest BCUT2D eigenvalue weighted by atomic mass is 9.80. The van der Waals surface area contributed by atoms with E-state index in [1.54, 1.807) is 42.6 Å². The average molecular weight is 946 g/mol. The summed E-state index contributed by atoms with van der Waals surface area (Å²) in [5, 5.41) is 19.3. The molecule has 1 saturated heterocycles. The molecule has 2 heterocycles. The van der Waals surface area contributed by atoms with Crippen LogP contribution in [-0.2, 0) is 44.7 Å². The summed E-state index contributed by atoms with van der Waals surface area (Å²) in [6, 6.07) is 8.66. The van der Waals surface area contributed by atoms with E-state index >= 15 is 0 Å². The maximum Gasteiger partial charge on any atom is 0.258 e. The van der Waals surface area contributed by atoms with E-state index in [2.05, 4.69) is 10.6 Å². The van der Waals surface area contributed by atoms with Gasteiger partial charge in [-0.05, 0) is 70.0 Å². The third kappa shape index (κ3) is 16.2. The van der Waals surface area contributed by atoms with Gasteiger partial charge >= 0.3 is 0 Å². The van der Waals surface area contributed by atoms with Crippen molar-refractivity contribution >= 4 is 58.7 Å². The Kier molecular flexibility index (Phi) is 23.7. The van der Waals surface area contributed by atoms with Gasteiger partial charge in [0.1, 0.15) is 5.78 Å². The minimum Gasteiger partial charge on any atom is -0.396 e. The molecule has 65 heavy (non-hydrogen) atoms. The van der Waals surface area contributed by atoms with Gasteiger partial charge in [-0.2, -0.15) is 0 Å². The summed E-state index contributed by atoms with van der Waals surface area (Å²) in [6.45, 7) is 14.7. The van der Waals surface area contributed by atoms with E-state index in [0.29, 0.717) is 43.9 Å². The molecule has 1 aromatic carbocycles. The quantitative estimate of drug-likeness (QED) is 0.0873. The van der Waals surface area contributed by atoms with E-state index in [0.717, 1.165) is 17.1 Å². The second-order valence-electron chi connectivity index (χ2n) is 18.8. The Morgan fingerprint density at radius 1 is 0.954 bits per heavy atom. The van der Waals surface area contributed by atoms with Crippen LogP contribution in [0, 0.1) is 35.5 Å². The first kappa shape index (κ1) is 56.0. The van der Waals surface area contributed by atoms with E-state index in [9.17, 15) is 33.9 Å². The van der Waals surface area contributed by atoms with E-state index in [1.165, 1.54) is 11.8 Å². The first-order valence-corrected chi connectivity index (χ1v) is 25.4. The maximum absolute atomic E-state index is 14.4. The van der Waals surface area contributed by atoms with Crippen LogP contribution in [0.1, 0.15) is 92.6 Å². The number of nitrogens with one attached hydrogen (secondary N) is 2. The van der Waals surface area contributed by atoms with Crippen molar-refractivity contribution in [3.8, 4) is 0 Å². The Morgan fingerprint density at radius 3 is 2.18 bits per heavy atom. The van der Waals surface area contributed by atoms with E-state index in [1.807, 2.05) is 96.3 Å². The Morgan fingerprint density at radius 2 is 1.62 bits per heavy atom. The Hall–Kier alpha value is -3.28. The monoisotopic (exact) mass is 946 g/mol. The number of ether oxygens (including phenoxy) is 2. The summed E-state index contributed by atoms with van der Waals surface area (Å²) in [7, 11) is 7.01. The number of methoxy groups -OCH3 is 1. The Labute approximate surface area is 397 Å². The Bertz CT molecular complexity index is 1740. The molecule has 0 aromatic heterocycles. The van der Waals surface area contributed by atoms with Crippen LogP contribution in [0.5, 0.6) is 0 Å². The number of carbonyl (C=O) groups excluding carboxylic acids is 6. The van der Waals surface area contributed by atoms with Crippen LogP contribution in [0.2, 0.25) is 0 Å². The summed E-state index contributed by atoms with van der Waals surface area (Å²) < 4.78 is 11.7. The van der Waals surface area contributed by atoms with Crippen LogP contribution >= 0.6 is 23.5 Å². The maximum atomic E-state index is 14.4. The number of likely N-dealkylation sites (N-methyl/N-ethyl adjacent to an activating group) is 2. The molecular formula is C49H79N5O9S2. The molecule has 2 aliphatic rings. The normalized spacial score (nSPS) is 18.6. The van der Waals surface area contributed by atoms with Crippen molar-refractivity contribution in [2.45, 2.75) is 117 Å². The highest BCUT2D eigenvalue weighted by Gasteiger charge is 2.43. The molecule has 8 atom stereocenters. The number of benzene rings is 1. The van der Waals surface area contributed by atoms with E-state index < -0.39 is 47.4 Å². The molecule has 2 aliphatic heterocycles. The number of aliphatic hydroxyl groups is 1. The highest BCUT2D eigenvalue weighted by Crippen LogP contribution is 2.34. The molecule has 14 nitrogen and oxygen atoms in total. The van der Waals surface area contributed by atoms with Crippen LogP contribution in [0.3, 0.4) is 0 Å². The zero-order valence-electron chi connectivity index (χ0n) is 40.9. The molecule has 16 heteroatoms. The molecule has 0 spiro atoms. The number of likely N-dealkylation sites (tertiary alicyclic amines) is 1. The summed E-state index contributed by atoms with van der Waals surface area (Å²) in [5.74, 6) is -3.49. The molecule has 2 unspecified atom stereocenters. The number of amides is 4. The molecular weight excluding hydrogens is 867 g/mol. The van der Waals surface area contributed by atoms with Crippen molar-refractivity contribution in [3.63, 3.8) is 0 Å². The third-order valence-electron chi connectivity index (χ3n) is 13.8. The number of carbonyl (C=O) groups is 6. The van der Waals surface area contributed by atoms with Crippen LogP contribution < -0.4 is 10.6 Å². The van der Waals surface area contributed by atoms with Gasteiger partial charge in [0.15, 0.2) is 5.78 Å². The highest BCUT2D eigenvalue weighted by molar-refractivity contribution is 8.22. The summed E-state index contributed by atoms with van der Waals surface area (Å²) in [5.41, 5.74) is 0.172. The standard InChI is InChI=1S/C49H79N5O9S2/c1-12-33(4)45(53(10)48(61)37(32(2)3)27-43(57)49(6,7)52(8)9)41(62-11)28-44(58)54-22-16-19-39(54)38(29-55)34(5)40(56)26-36(25-35-17-14-13-15-18-35)46(59)50-20-23-63-24-21-51-47(60)42-30-64-31-65-42/h13-15,17-18,30,32-34,36-39,41,45,55H,12,16,19-29,31H2,1-11H3,(H,50,59)(H,51,60)/t33?,34-,36-,37+,38-,39+,41?,45+/m1/s1. The topological polar surface area (TPSA) is 175 Å². The summed E-state index contributed by atoms with van der Waals surface area (Å²) in [6.07, 6.45) is 1.78. The fourth-order valence-corrected chi connectivity index (χ4v) is 10.7. The van der Waals surface area contributed by atoms with Gasteiger partial charge in [0.25, 0.3) is 5.91 Å². The van der Waals surface area contributed by atoms with Gasteiger partial charge in [0.2, 0.25) is 17.7 Å². The number of aliphatic hydroxyl groups excluding tert-OH is 1. The van der Waals surface area contributed by atoms with Gasteiger partial charge in [0, 0.05) is 88.0 Å². The van der Waals surface area contributed by atoms with Gasteiger partial charge in [0.05, 0.1) is 42.2 Å². The zero-order chi connectivity index (χ0) is 48.4. The van der Waals surface area contributed by atoms with Crippen molar-refractivity contribution in [2.75, 3.05) is 72.8 Å². The molecule has 0 saturated carbocycles. The lowest BCUT2D eigenvalue weighted by molar-refractivity contribution is -0.149. The number of ketones is 2. The molecule has 1 fully saturated rings. The van der Waals surface area contributed by atoms with Crippen molar-refractivity contribution < 1.29 is 43.3 Å². The molecule has 0 bridgehead atoms. The summed E-state index contributed by atoms with van der Waals surface area (Å²) >= 11 is 3.09. The number of hydrogen-bond donors (Lipinski definition) is 3. The smallest absolute Gasteiger partial charge is 0.258 e. The van der Waals surface area contributed by atoms with Crippen molar-refractivity contribution in [1.82, 2.24) is 25.3 Å². The molecule has 0 radical (unpaired) electrons. The second-order valence-corrected chi connectivity index (χ2v) is 21.0. The number of thioether (sulfide) groups is 2. The number of nitrogens with zero attached hydrogens (tertiary/aromatic N) is 3. The first-order valence-electron chi connectivity index (χ1n) is 23.4. The summed E-state index contributed by atoms with van der Waals surface area (Å²) in [4.78, 5) is 88.3. The van der Waals surface area contributed by atoms with Crippen LogP contribution in [-0.4, -0.2) is 152 Å². The van der Waals surface area contributed by atoms with Crippen LogP contribution in [0.25, 0.3) is 0 Å². The van der Waals surface area contributed by atoms with Crippen molar-refractivity contribution in [3.05, 3.63) is 46.2 Å². The fourth-order valence-electron chi connectivity index (χ4n) is 8.75. The minimum atomic E-state index is -0.742. The predicted molar refractivity (Wildman–Crippen MR) is 260 cm³/mol. The molecule has 0 aliphatic carbocycles. The Balaban J connectivity index is 1.70. The molecule has 1 aromatic rings. The number of hydrogen-bond acceptors (Lipinski definition) is 12. The van der Waals surface area contributed by atoms with Gasteiger partial charge < -0.3 is 35.0 Å². The largest absolute Gasteiger partial charge is 0.396 e. The lowest BCUT2D eigenvalue weighted by Crippen LogP contribution is -2.54. The fraction of sp³-hybridized carbons (Fsp3) is 0.714. The minimum absolute atomic E-state index is 0.00656. The molecule has 366 valence electrons. The number of Topliss-reactive ketones (excluding diaryl/α,β-unsaturated/α-hetero) is 2. The average Bonchev–Trinajstić information content (AvgIpc) is 4.01. The SMILES string of the molecule is CCC(C)[C@@H](C(CC(=O)N1CCC[C@H]1[C@H](CO)[C@@H](C)C(=O)C[C@@H](Cc1ccccc1)C(=O)NCCOCCNC(=O)C1=CSCS1)OC)N(C)C(=O)[C@@H](CC(=O)C(C)(C)N(C)C)C(C)C. The van der Waals surface area contributed by atoms with Gasteiger partial charge in [-0.1, -0.05) is 71.4 Å². The van der Waals surface area contributed by atoms with Crippen molar-refractivity contribution in [1.29, 1.82) is 0 Å². The van der Waals surface area contributed by atoms with Gasteiger partial charge in [-0.3, -0.25) is 33.7 Å². The van der Waals surface area contributed by atoms with Gasteiger partial charge in [-0.15, -0.1) is 23.5 Å². The zero-order valence-corrected chi connectivity index (χ0v) is 42.6. The lowest BCUT2D eigenvalue weighted by Gasteiger charge is -2.41. The van der Waals surface area contributed by atoms with Gasteiger partial charge in [-0.25, -0.2) is 0 Å². The highest BCUT2D eigenvalue weighted by atomic mass is 32.2. The number of rotatable bonds is 29. The van der Waals surface area contributed by atoms with Crippen LogP contribution in [0.4, 0.5) is 0 Å². The third-order valence-corrected chi connectivity index (χ3v) is 16.0. The van der Waals surface area contributed by atoms with E-state index in [-0.39, 0.29) is 86.1 Å². The molecule has 3 N–H and O–H groups in total. The van der Waals surface area contributed by atoms with Crippen molar-refractivity contribution in [2.24, 2.45) is 35.5 Å². The van der Waals surface area contributed by atoms with E-state index in [4.69, 9.17) is 9.47 Å². The predicted octanol–water partition coefficient (Wildman–Crippen LogP) is 5.42. The first-order chi connectivity index (χ1) is 30.8.